The average Bonchev–Trinajstić information content (AvgIpc) is 3.84. The van der Waals surface area contributed by atoms with E-state index in [1.807, 2.05) is 5.32 Å². The van der Waals surface area contributed by atoms with E-state index in [4.69, 9.17) is 8.85 Å². The highest BCUT2D eigenvalue weighted by atomic mass is 19.1. The third-order valence-electron chi connectivity index (χ3n) is 6.37. The number of amides is 3. The van der Waals surface area contributed by atoms with Crippen molar-refractivity contribution in [1.82, 2.24) is 20.5 Å². The predicted molar refractivity (Wildman–Crippen MR) is 153 cm³/mol. The minimum atomic E-state index is -2.81. The van der Waals surface area contributed by atoms with E-state index in [2.05, 4.69) is 31.1 Å². The molecule has 0 bridgehead atoms. The summed E-state index contributed by atoms with van der Waals surface area (Å²) in [5.41, 5.74) is 0.476. The van der Waals surface area contributed by atoms with Gasteiger partial charge in [-0.3, -0.25) is 19.2 Å². The number of nitrogens with one attached hydrogen (secondary N) is 5. The third-order valence-corrected chi connectivity index (χ3v) is 6.37. The standard InChI is InChI=1S/C29H26FN7O5/c1-31-29(41)24-22(14-23(36-37-24)35-26(38)16-6-7-16)33-21-5-3-4-18(25(21)42-2)27(39)32-17-10-8-15(9-11-17)20-13-12-19(30)28(40)34-20/h3-5,8-14,16H,6-7H2,1-2H3,(H,31,41)(H,32,39)(H,34,40)(H2,33,35,36,38)/i1D3. The van der Waals surface area contributed by atoms with Crippen LogP contribution in [0.15, 0.2) is 65.5 Å². The van der Waals surface area contributed by atoms with Crippen molar-refractivity contribution in [3.8, 4) is 17.0 Å². The molecule has 1 aliphatic carbocycles. The van der Waals surface area contributed by atoms with Crippen LogP contribution >= 0.6 is 0 Å². The van der Waals surface area contributed by atoms with Gasteiger partial charge in [-0.1, -0.05) is 18.2 Å². The van der Waals surface area contributed by atoms with Gasteiger partial charge in [-0.25, -0.2) is 4.39 Å². The molecule has 214 valence electrons. The van der Waals surface area contributed by atoms with Crippen LogP contribution in [0.5, 0.6) is 5.75 Å². The van der Waals surface area contributed by atoms with Gasteiger partial charge in [-0.05, 0) is 54.8 Å². The Kier molecular flexibility index (Phi) is 6.85. The van der Waals surface area contributed by atoms with Gasteiger partial charge >= 0.3 is 0 Å². The van der Waals surface area contributed by atoms with Crippen LogP contribution < -0.4 is 31.6 Å². The van der Waals surface area contributed by atoms with Crippen molar-refractivity contribution < 1.29 is 27.6 Å². The molecule has 1 fully saturated rings. The number of ether oxygens (including phenoxy) is 1. The fraction of sp³-hybridized carbons (Fsp3) is 0.172. The lowest BCUT2D eigenvalue weighted by Crippen LogP contribution is -2.22. The number of rotatable bonds is 9. The number of carbonyl (C=O) groups excluding carboxylic acids is 3. The molecule has 2 heterocycles. The Morgan fingerprint density at radius 3 is 2.48 bits per heavy atom. The summed E-state index contributed by atoms with van der Waals surface area (Å²) >= 11 is 0. The van der Waals surface area contributed by atoms with Gasteiger partial charge < -0.3 is 31.0 Å². The van der Waals surface area contributed by atoms with E-state index in [1.54, 1.807) is 36.4 Å². The molecule has 12 nitrogen and oxygen atoms in total. The number of methoxy groups -OCH3 is 1. The molecule has 13 heteroatoms. The molecule has 4 aromatic rings. The molecule has 1 aliphatic rings. The summed E-state index contributed by atoms with van der Waals surface area (Å²) in [4.78, 5) is 52.4. The maximum absolute atomic E-state index is 13.3. The zero-order valence-corrected chi connectivity index (χ0v) is 22.1. The van der Waals surface area contributed by atoms with E-state index in [0.717, 1.165) is 18.9 Å². The largest absolute Gasteiger partial charge is 0.494 e. The van der Waals surface area contributed by atoms with Gasteiger partial charge in [-0.2, -0.15) is 0 Å². The lowest BCUT2D eigenvalue weighted by atomic mass is 10.1. The number of nitrogens with zero attached hydrogens (tertiary/aromatic N) is 2. The lowest BCUT2D eigenvalue weighted by molar-refractivity contribution is -0.117. The molecule has 0 spiro atoms. The fourth-order valence-corrected chi connectivity index (χ4v) is 4.08. The minimum Gasteiger partial charge on any atom is -0.494 e. The molecule has 5 rings (SSSR count). The van der Waals surface area contributed by atoms with Crippen molar-refractivity contribution in [2.24, 2.45) is 5.92 Å². The summed E-state index contributed by atoms with van der Waals surface area (Å²) in [5.74, 6) is -2.79. The van der Waals surface area contributed by atoms with Gasteiger partial charge in [0.2, 0.25) is 5.91 Å². The predicted octanol–water partition coefficient (Wildman–Crippen LogP) is 3.68. The SMILES string of the molecule is [2H]C([2H])([2H])NC(=O)c1nnc(NC(=O)C2CC2)cc1Nc1cccc(C(=O)Nc2ccc(-c3ccc(F)c(=O)[nH]3)cc2)c1OC. The minimum absolute atomic E-state index is 0.0110. The Morgan fingerprint density at radius 2 is 1.79 bits per heavy atom. The van der Waals surface area contributed by atoms with Gasteiger partial charge in [0.15, 0.2) is 23.1 Å². The number of halogens is 1. The van der Waals surface area contributed by atoms with Crippen LogP contribution in [0.4, 0.5) is 27.3 Å². The molecule has 0 atom stereocenters. The molecule has 5 N–H and O–H groups in total. The van der Waals surface area contributed by atoms with E-state index < -0.39 is 30.2 Å². The zero-order chi connectivity index (χ0) is 32.3. The fourth-order valence-electron chi connectivity index (χ4n) is 4.08. The van der Waals surface area contributed by atoms with Crippen LogP contribution in [0, 0.1) is 11.7 Å². The first-order valence-corrected chi connectivity index (χ1v) is 12.7. The van der Waals surface area contributed by atoms with Crippen LogP contribution in [0.3, 0.4) is 0 Å². The first kappa shape index (κ1) is 24.2. The Morgan fingerprint density at radius 1 is 1.00 bits per heavy atom. The van der Waals surface area contributed by atoms with Crippen molar-refractivity contribution in [1.29, 1.82) is 0 Å². The number of hydrogen-bond acceptors (Lipinski definition) is 8. The molecule has 2 aromatic carbocycles. The van der Waals surface area contributed by atoms with Gasteiger partial charge in [0.25, 0.3) is 17.4 Å². The second kappa shape index (κ2) is 11.9. The summed E-state index contributed by atoms with van der Waals surface area (Å²) in [7, 11) is 1.34. The van der Waals surface area contributed by atoms with Crippen molar-refractivity contribution in [3.63, 3.8) is 0 Å². The number of carbonyl (C=O) groups is 3. The van der Waals surface area contributed by atoms with E-state index in [-0.39, 0.29) is 46.0 Å². The Labute approximate surface area is 242 Å². The summed E-state index contributed by atoms with van der Waals surface area (Å²) in [6, 6.07) is 14.9. The topological polar surface area (TPSA) is 167 Å². The summed E-state index contributed by atoms with van der Waals surface area (Å²) in [6.07, 6.45) is 1.49. The second-order valence-corrected chi connectivity index (χ2v) is 9.30. The highest BCUT2D eigenvalue weighted by Gasteiger charge is 2.30. The van der Waals surface area contributed by atoms with Gasteiger partial charge in [-0.15, -0.1) is 10.2 Å². The molecule has 0 aliphatic heterocycles. The van der Waals surface area contributed by atoms with Gasteiger partial charge in [0, 0.05) is 34.5 Å². The quantitative estimate of drug-likeness (QED) is 0.202. The molecular weight excluding hydrogens is 545 g/mol. The van der Waals surface area contributed by atoms with Crippen molar-refractivity contribution in [3.05, 3.63) is 88.1 Å². The average molecular weight is 575 g/mol. The molecule has 0 saturated heterocycles. The van der Waals surface area contributed by atoms with E-state index in [1.165, 1.54) is 25.3 Å². The van der Waals surface area contributed by atoms with Crippen molar-refractivity contribution >= 4 is 40.6 Å². The van der Waals surface area contributed by atoms with Crippen LogP contribution in [0.2, 0.25) is 0 Å². The van der Waals surface area contributed by atoms with Crippen LogP contribution in [-0.2, 0) is 4.79 Å². The van der Waals surface area contributed by atoms with E-state index >= 15 is 0 Å². The second-order valence-electron chi connectivity index (χ2n) is 9.30. The number of hydrogen-bond donors (Lipinski definition) is 5. The number of para-hydroxylation sites is 1. The normalized spacial score (nSPS) is 13.6. The van der Waals surface area contributed by atoms with Gasteiger partial charge in [0.1, 0.15) is 0 Å². The Balaban J connectivity index is 1.40. The highest BCUT2D eigenvalue weighted by molar-refractivity contribution is 6.08. The smallest absolute Gasteiger partial charge is 0.284 e. The summed E-state index contributed by atoms with van der Waals surface area (Å²) < 4.78 is 41.0. The molecule has 2 aromatic heterocycles. The van der Waals surface area contributed by atoms with Crippen molar-refractivity contribution in [2.75, 3.05) is 30.0 Å². The maximum atomic E-state index is 13.3. The third kappa shape index (κ3) is 6.09. The maximum Gasteiger partial charge on any atom is 0.284 e. The molecule has 1 saturated carbocycles. The monoisotopic (exact) mass is 574 g/mol. The van der Waals surface area contributed by atoms with Crippen LogP contribution in [0.1, 0.15) is 37.8 Å². The van der Waals surface area contributed by atoms with Crippen molar-refractivity contribution in [2.45, 2.75) is 12.8 Å². The number of aromatic amines is 1. The molecule has 42 heavy (non-hydrogen) atoms. The van der Waals surface area contributed by atoms with Crippen LogP contribution in [-0.4, -0.2) is 47.0 Å². The van der Waals surface area contributed by atoms with E-state index in [0.29, 0.717) is 16.9 Å². The molecule has 0 radical (unpaired) electrons. The number of H-pyrrole nitrogens is 1. The summed E-state index contributed by atoms with van der Waals surface area (Å²) in [5, 5.41) is 17.9. The number of pyridine rings is 1. The molecule has 3 amide bonds. The summed E-state index contributed by atoms with van der Waals surface area (Å²) in [6.45, 7) is -2.81. The first-order chi connectivity index (χ1) is 21.4. The number of benzene rings is 2. The first-order valence-electron chi connectivity index (χ1n) is 14.2. The molecule has 0 unspecified atom stereocenters. The Bertz CT molecular complexity index is 1840. The van der Waals surface area contributed by atoms with Gasteiger partial charge in [0.05, 0.1) is 24.0 Å². The Hall–Kier alpha value is -5.59. The van der Waals surface area contributed by atoms with Crippen LogP contribution in [0.25, 0.3) is 11.3 Å². The highest BCUT2D eigenvalue weighted by Crippen LogP contribution is 2.34. The molecular formula is C29H26FN7O5. The number of anilines is 4. The number of aromatic nitrogens is 3. The lowest BCUT2D eigenvalue weighted by Gasteiger charge is -2.17. The zero-order valence-electron chi connectivity index (χ0n) is 25.1. The van der Waals surface area contributed by atoms with E-state index in [9.17, 15) is 23.6 Å².